The number of amides is 2. The lowest BCUT2D eigenvalue weighted by Crippen LogP contribution is -2.40. The van der Waals surface area contributed by atoms with E-state index in [2.05, 4.69) is 4.98 Å². The van der Waals surface area contributed by atoms with Gasteiger partial charge in [-0.2, -0.15) is 26.3 Å². The van der Waals surface area contributed by atoms with E-state index in [-0.39, 0.29) is 37.0 Å². The molecule has 3 aromatic rings. The van der Waals surface area contributed by atoms with Gasteiger partial charge in [-0.25, -0.2) is 4.90 Å². The summed E-state index contributed by atoms with van der Waals surface area (Å²) in [4.78, 5) is 32.3. The molecule has 1 aliphatic carbocycles. The number of pyridine rings is 1. The normalized spacial score (nSPS) is 21.1. The van der Waals surface area contributed by atoms with Crippen molar-refractivity contribution in [2.75, 3.05) is 11.5 Å². The molecule has 4 atom stereocenters. The zero-order valence-corrected chi connectivity index (χ0v) is 26.5. The molecule has 0 spiro atoms. The predicted octanol–water partition coefficient (Wildman–Crippen LogP) is 7.28. The first-order valence-corrected chi connectivity index (χ1v) is 15.6. The summed E-state index contributed by atoms with van der Waals surface area (Å²) in [6, 6.07) is 12.4. The average Bonchev–Trinajstić information content (AvgIpc) is 3.30. The van der Waals surface area contributed by atoms with Gasteiger partial charge in [0.1, 0.15) is 5.75 Å². The molecule has 13 heteroatoms. The number of aromatic nitrogens is 1. The lowest BCUT2D eigenvalue weighted by molar-refractivity contribution is -0.143. The van der Waals surface area contributed by atoms with Crippen LogP contribution in [-0.2, 0) is 21.9 Å². The average molecular weight is 689 g/mol. The van der Waals surface area contributed by atoms with Crippen LogP contribution in [0, 0.1) is 23.7 Å². The molecule has 1 fully saturated rings. The number of aliphatic hydroxyl groups is 2. The van der Waals surface area contributed by atoms with Crippen LogP contribution in [0.5, 0.6) is 5.75 Å². The predicted molar refractivity (Wildman–Crippen MR) is 168 cm³/mol. The maximum absolute atomic E-state index is 13.9. The fraction of sp³-hybridized carbons (Fsp3) is 0.361. The molecule has 2 aliphatic rings. The van der Waals surface area contributed by atoms with Gasteiger partial charge in [0.05, 0.1) is 47.1 Å². The highest BCUT2D eigenvalue weighted by Crippen LogP contribution is 2.50. The van der Waals surface area contributed by atoms with Crippen LogP contribution in [0.15, 0.2) is 78.0 Å². The molecule has 0 bridgehead atoms. The first kappa shape index (κ1) is 35.8. The second kappa shape index (κ2) is 13.8. The molecule has 0 radical (unpaired) electrons. The highest BCUT2D eigenvalue weighted by atomic mass is 19.4. The number of phenols is 1. The Balaban J connectivity index is 1.49. The zero-order valence-electron chi connectivity index (χ0n) is 26.5. The molecule has 2 heterocycles. The second-order valence-corrected chi connectivity index (χ2v) is 12.6. The number of phenolic OH excluding ortho intramolecular Hbond substituents is 1. The van der Waals surface area contributed by atoms with Crippen LogP contribution in [0.1, 0.15) is 55.5 Å². The first-order valence-electron chi connectivity index (χ1n) is 15.6. The maximum atomic E-state index is 13.9. The largest absolute Gasteiger partial charge is 0.508 e. The van der Waals surface area contributed by atoms with E-state index in [1.807, 2.05) is 6.08 Å². The Morgan fingerprint density at radius 2 is 1.59 bits per heavy atom. The van der Waals surface area contributed by atoms with Crippen molar-refractivity contribution in [3.8, 4) is 5.75 Å². The third-order valence-corrected chi connectivity index (χ3v) is 9.12. The topological polar surface area (TPSA) is 111 Å². The summed E-state index contributed by atoms with van der Waals surface area (Å²) >= 11 is 0. The van der Waals surface area contributed by atoms with Gasteiger partial charge < -0.3 is 15.3 Å². The minimum Gasteiger partial charge on any atom is -0.508 e. The second-order valence-electron chi connectivity index (χ2n) is 12.6. The number of anilines is 1. The van der Waals surface area contributed by atoms with Crippen LogP contribution in [0.4, 0.5) is 32.0 Å². The van der Waals surface area contributed by atoms with Crippen LogP contribution in [0.25, 0.3) is 11.6 Å². The van der Waals surface area contributed by atoms with Crippen molar-refractivity contribution in [1.82, 2.24) is 4.98 Å². The number of aliphatic hydroxyl groups excluding tert-OH is 2. The van der Waals surface area contributed by atoms with Crippen molar-refractivity contribution in [1.29, 1.82) is 0 Å². The van der Waals surface area contributed by atoms with Crippen LogP contribution in [-0.4, -0.2) is 44.8 Å². The summed E-state index contributed by atoms with van der Waals surface area (Å²) < 4.78 is 81.9. The van der Waals surface area contributed by atoms with Gasteiger partial charge in [0.15, 0.2) is 0 Å². The summed E-state index contributed by atoms with van der Waals surface area (Å²) in [6.07, 6.45) is -7.90. The van der Waals surface area contributed by atoms with Gasteiger partial charge in [-0.15, -0.1) is 0 Å². The van der Waals surface area contributed by atoms with Gasteiger partial charge in [-0.05, 0) is 90.4 Å². The molecule has 3 N–H and O–H groups in total. The molecule has 2 aromatic carbocycles. The van der Waals surface area contributed by atoms with Crippen molar-refractivity contribution in [3.05, 3.63) is 100 Å². The number of alkyl halides is 6. The number of hydrogen-bond donors (Lipinski definition) is 3. The van der Waals surface area contributed by atoms with Gasteiger partial charge in [0.25, 0.3) is 0 Å². The van der Waals surface area contributed by atoms with Crippen molar-refractivity contribution < 1.29 is 51.3 Å². The smallest absolute Gasteiger partial charge is 0.416 e. The van der Waals surface area contributed by atoms with Crippen molar-refractivity contribution in [2.24, 2.45) is 23.7 Å². The minimum atomic E-state index is -5.20. The zero-order chi connectivity index (χ0) is 35.8. The number of halogens is 6. The number of hydrogen-bond acceptors (Lipinski definition) is 6. The highest BCUT2D eigenvalue weighted by Gasteiger charge is 2.56. The standard InChI is InChI=1S/C36H34F6N2O5/c1-19(2)26-17-27-32(34(49)44(33(27)48)24-15-22(35(37,38)39)14-23(16-24)36(40,41)42)28(18-45)31(26)30(47)11-8-21(29-5-3-4-12-43-29)13-20-6-9-25(46)10-7-20/h3-7,9-10,12-16,19,27-28,30,32,45-47H,8,11,17-18H2,1-2H3/b21-13-/t27-,28+,30-,32-/m1/s1. The summed E-state index contributed by atoms with van der Waals surface area (Å²) in [7, 11) is 0. The molecule has 0 unspecified atom stereocenters. The Morgan fingerprint density at radius 3 is 2.12 bits per heavy atom. The fourth-order valence-electron chi connectivity index (χ4n) is 6.81. The number of carbonyl (C=O) groups excluding carboxylic acids is 2. The molecule has 7 nitrogen and oxygen atoms in total. The molecule has 49 heavy (non-hydrogen) atoms. The van der Waals surface area contributed by atoms with E-state index in [1.165, 1.54) is 12.1 Å². The van der Waals surface area contributed by atoms with E-state index in [0.717, 1.165) is 11.1 Å². The molecule has 1 saturated heterocycles. The summed E-state index contributed by atoms with van der Waals surface area (Å²) in [5.41, 5.74) is -1.20. The van der Waals surface area contributed by atoms with Gasteiger partial charge >= 0.3 is 12.4 Å². The third-order valence-electron chi connectivity index (χ3n) is 9.12. The lowest BCUT2D eigenvalue weighted by atomic mass is 9.66. The molecule has 0 saturated carbocycles. The van der Waals surface area contributed by atoms with Gasteiger partial charge in [-0.3, -0.25) is 14.6 Å². The summed E-state index contributed by atoms with van der Waals surface area (Å²) in [5.74, 6) is -5.84. The Labute approximate surface area is 278 Å². The molecule has 260 valence electrons. The van der Waals surface area contributed by atoms with Crippen LogP contribution >= 0.6 is 0 Å². The van der Waals surface area contributed by atoms with Gasteiger partial charge in [0, 0.05) is 12.1 Å². The van der Waals surface area contributed by atoms with Crippen molar-refractivity contribution >= 4 is 29.2 Å². The van der Waals surface area contributed by atoms with E-state index in [9.17, 15) is 51.3 Å². The summed E-state index contributed by atoms with van der Waals surface area (Å²) in [5, 5.41) is 32.0. The van der Waals surface area contributed by atoms with E-state index in [1.54, 1.807) is 50.4 Å². The lowest BCUT2D eigenvalue weighted by Gasteiger charge is -2.38. The fourth-order valence-corrected chi connectivity index (χ4v) is 6.81. The van der Waals surface area contributed by atoms with Crippen molar-refractivity contribution in [3.63, 3.8) is 0 Å². The number of fused-ring (bicyclic) bond motifs is 1. The number of benzene rings is 2. The maximum Gasteiger partial charge on any atom is 0.416 e. The number of aromatic hydroxyl groups is 1. The third kappa shape index (κ3) is 7.42. The quantitative estimate of drug-likeness (QED) is 0.124. The van der Waals surface area contributed by atoms with E-state index >= 15 is 0 Å². The summed E-state index contributed by atoms with van der Waals surface area (Å²) in [6.45, 7) is 2.88. The number of carbonyl (C=O) groups is 2. The van der Waals surface area contributed by atoms with Crippen LogP contribution in [0.2, 0.25) is 0 Å². The Hall–Kier alpha value is -4.49. The highest BCUT2D eigenvalue weighted by molar-refractivity contribution is 6.22. The molecule has 1 aliphatic heterocycles. The Kier molecular flexibility index (Phi) is 10.1. The number of rotatable bonds is 9. The molecule has 5 rings (SSSR count). The van der Waals surface area contributed by atoms with E-state index in [4.69, 9.17) is 0 Å². The molecular weight excluding hydrogens is 654 g/mol. The Morgan fingerprint density at radius 1 is 0.959 bits per heavy atom. The van der Waals surface area contributed by atoms with Crippen molar-refractivity contribution in [2.45, 2.75) is 51.6 Å². The molecule has 1 aromatic heterocycles. The van der Waals surface area contributed by atoms with Crippen LogP contribution in [0.3, 0.4) is 0 Å². The monoisotopic (exact) mass is 688 g/mol. The van der Waals surface area contributed by atoms with E-state index < -0.39 is 71.4 Å². The van der Waals surface area contributed by atoms with Gasteiger partial charge in [0.2, 0.25) is 11.8 Å². The first-order chi connectivity index (χ1) is 23.0. The number of imide groups is 1. The SMILES string of the molecule is CC(C)C1=C([C@H](O)CC/C(=C/c2ccc(O)cc2)c2ccccn2)[C@H](CO)[C@@H]2C(=O)N(c3cc(C(F)(F)F)cc(C(F)(F)F)c3)C(=O)[C@@H]2C1. The molecule has 2 amide bonds. The number of nitrogens with zero attached hydrogens (tertiary/aromatic N) is 2. The van der Waals surface area contributed by atoms with Gasteiger partial charge in [-0.1, -0.05) is 37.6 Å². The van der Waals surface area contributed by atoms with E-state index in [0.29, 0.717) is 33.9 Å². The number of allylic oxidation sites excluding steroid dienone is 2. The minimum absolute atomic E-state index is 0.0756. The van der Waals surface area contributed by atoms with Crippen LogP contribution < -0.4 is 4.90 Å². The Bertz CT molecular complexity index is 1730. The molecular formula is C36H34F6N2O5.